The first-order valence-corrected chi connectivity index (χ1v) is 6.77. The van der Waals surface area contributed by atoms with Gasteiger partial charge in [-0.15, -0.1) is 0 Å². The van der Waals surface area contributed by atoms with Crippen LogP contribution in [0.25, 0.3) is 0 Å². The molecule has 20 heavy (non-hydrogen) atoms. The average Bonchev–Trinajstić information content (AvgIpc) is 2.42. The number of pyridine rings is 1. The second kappa shape index (κ2) is 6.19. The second-order valence-corrected chi connectivity index (χ2v) is 5.25. The van der Waals surface area contributed by atoms with Crippen molar-refractivity contribution in [3.05, 3.63) is 57.0 Å². The minimum atomic E-state index is -0.400. The maximum Gasteiger partial charge on any atom is 0.253 e. The molecule has 1 aromatic heterocycles. The molecule has 0 saturated heterocycles. The van der Waals surface area contributed by atoms with E-state index in [0.29, 0.717) is 10.0 Å². The van der Waals surface area contributed by atoms with Crippen LogP contribution in [0, 0.1) is 5.82 Å². The van der Waals surface area contributed by atoms with Crippen molar-refractivity contribution in [3.63, 3.8) is 0 Å². The number of aromatic nitrogens is 1. The van der Waals surface area contributed by atoms with Crippen LogP contribution < -0.4 is 11.1 Å². The summed E-state index contributed by atoms with van der Waals surface area (Å²) in [6, 6.07) is 5.63. The molecular formula is C13H10BrClFN3O. The van der Waals surface area contributed by atoms with Crippen LogP contribution in [0.4, 0.5) is 10.1 Å². The molecule has 0 aliphatic rings. The Hall–Kier alpha value is -1.66. The molecule has 0 saturated carbocycles. The number of halogens is 3. The Morgan fingerprint density at radius 1 is 1.45 bits per heavy atom. The van der Waals surface area contributed by atoms with E-state index in [4.69, 9.17) is 17.3 Å². The molecule has 0 spiro atoms. The molecule has 3 N–H and O–H groups in total. The van der Waals surface area contributed by atoms with Gasteiger partial charge in [-0.3, -0.25) is 4.79 Å². The fourth-order valence-electron chi connectivity index (χ4n) is 1.59. The van der Waals surface area contributed by atoms with Gasteiger partial charge in [0.1, 0.15) is 11.0 Å². The van der Waals surface area contributed by atoms with Crippen LogP contribution >= 0.6 is 27.5 Å². The monoisotopic (exact) mass is 357 g/mol. The van der Waals surface area contributed by atoms with Crippen molar-refractivity contribution in [2.24, 2.45) is 0 Å². The van der Waals surface area contributed by atoms with E-state index in [1.165, 1.54) is 24.4 Å². The summed E-state index contributed by atoms with van der Waals surface area (Å²) in [5.41, 5.74) is 6.75. The average molecular weight is 359 g/mol. The van der Waals surface area contributed by atoms with Gasteiger partial charge in [-0.05, 0) is 29.8 Å². The molecule has 2 aromatic rings. The number of benzene rings is 1. The van der Waals surface area contributed by atoms with Gasteiger partial charge >= 0.3 is 0 Å². The molecule has 0 aliphatic carbocycles. The molecule has 4 nitrogen and oxygen atoms in total. The molecule has 0 fully saturated rings. The van der Waals surface area contributed by atoms with E-state index in [1.54, 1.807) is 6.07 Å². The van der Waals surface area contributed by atoms with Crippen molar-refractivity contribution in [1.82, 2.24) is 10.3 Å². The smallest absolute Gasteiger partial charge is 0.253 e. The summed E-state index contributed by atoms with van der Waals surface area (Å²) in [5, 5.41) is 2.83. The van der Waals surface area contributed by atoms with Crippen molar-refractivity contribution in [1.29, 1.82) is 0 Å². The first kappa shape index (κ1) is 14.7. The standard InChI is InChI=1S/C13H10BrClFN3O/c14-10-2-1-8(16)3-7(10)5-19-13(20)9-4-12(15)18-6-11(9)17/h1-4,6H,5,17H2,(H,19,20). The molecule has 2 rings (SSSR count). The first-order chi connectivity index (χ1) is 9.47. The van der Waals surface area contributed by atoms with Crippen molar-refractivity contribution in [3.8, 4) is 0 Å². The van der Waals surface area contributed by atoms with E-state index in [9.17, 15) is 9.18 Å². The number of carbonyl (C=O) groups excluding carboxylic acids is 1. The van der Waals surface area contributed by atoms with Gasteiger partial charge in [-0.25, -0.2) is 9.37 Å². The van der Waals surface area contributed by atoms with Gasteiger partial charge in [0.05, 0.1) is 17.4 Å². The Morgan fingerprint density at radius 3 is 2.95 bits per heavy atom. The molecule has 1 heterocycles. The lowest BCUT2D eigenvalue weighted by Gasteiger charge is -2.09. The van der Waals surface area contributed by atoms with Crippen LogP contribution in [0.1, 0.15) is 15.9 Å². The third-order valence-corrected chi connectivity index (χ3v) is 3.57. The fourth-order valence-corrected chi connectivity index (χ4v) is 2.13. The van der Waals surface area contributed by atoms with E-state index in [2.05, 4.69) is 26.2 Å². The van der Waals surface area contributed by atoms with Gasteiger partial charge in [0, 0.05) is 11.0 Å². The van der Waals surface area contributed by atoms with Gasteiger partial charge < -0.3 is 11.1 Å². The Balaban J connectivity index is 2.12. The highest BCUT2D eigenvalue weighted by Crippen LogP contribution is 2.19. The van der Waals surface area contributed by atoms with E-state index >= 15 is 0 Å². The van der Waals surface area contributed by atoms with E-state index in [0.717, 1.165) is 0 Å². The molecule has 1 amide bonds. The Bertz CT molecular complexity index is 666. The molecule has 104 valence electrons. The van der Waals surface area contributed by atoms with Crippen molar-refractivity contribution >= 4 is 39.1 Å². The van der Waals surface area contributed by atoms with Crippen molar-refractivity contribution in [2.45, 2.75) is 6.54 Å². The molecule has 1 aromatic carbocycles. The quantitative estimate of drug-likeness (QED) is 0.828. The summed E-state index contributed by atoms with van der Waals surface area (Å²) >= 11 is 9.01. The largest absolute Gasteiger partial charge is 0.397 e. The van der Waals surface area contributed by atoms with Crippen molar-refractivity contribution < 1.29 is 9.18 Å². The molecule has 0 aliphatic heterocycles. The van der Waals surface area contributed by atoms with Crippen LogP contribution in [0.2, 0.25) is 5.15 Å². The maximum atomic E-state index is 13.1. The SMILES string of the molecule is Nc1cnc(Cl)cc1C(=O)NCc1cc(F)ccc1Br. The first-order valence-electron chi connectivity index (χ1n) is 5.60. The van der Waals surface area contributed by atoms with Gasteiger partial charge in [0.25, 0.3) is 5.91 Å². The predicted octanol–water partition coefficient (Wildman–Crippen LogP) is 3.15. The minimum absolute atomic E-state index is 0.163. The number of nitrogens with zero attached hydrogens (tertiary/aromatic N) is 1. The van der Waals surface area contributed by atoms with Crippen LogP contribution in [-0.2, 0) is 6.54 Å². The molecule has 0 bridgehead atoms. The lowest BCUT2D eigenvalue weighted by molar-refractivity contribution is 0.0951. The zero-order valence-corrected chi connectivity index (χ0v) is 12.5. The van der Waals surface area contributed by atoms with Gasteiger partial charge in [0.2, 0.25) is 0 Å². The summed E-state index contributed by atoms with van der Waals surface area (Å²) in [5.74, 6) is -0.771. The number of amides is 1. The van der Waals surface area contributed by atoms with Crippen LogP contribution in [0.15, 0.2) is 34.9 Å². The lowest BCUT2D eigenvalue weighted by atomic mass is 10.2. The van der Waals surface area contributed by atoms with Crippen molar-refractivity contribution in [2.75, 3.05) is 5.73 Å². The fraction of sp³-hybridized carbons (Fsp3) is 0.0769. The zero-order chi connectivity index (χ0) is 14.7. The molecule has 0 atom stereocenters. The summed E-state index contributed by atoms with van der Waals surface area (Å²) in [6.45, 7) is 0.163. The maximum absolute atomic E-state index is 13.1. The number of anilines is 1. The third kappa shape index (κ3) is 3.46. The number of nitrogens with one attached hydrogen (secondary N) is 1. The summed E-state index contributed by atoms with van der Waals surface area (Å²) in [4.78, 5) is 15.8. The molecule has 7 heteroatoms. The Labute approximate surface area is 128 Å². The van der Waals surface area contributed by atoms with Gasteiger partial charge in [-0.2, -0.15) is 0 Å². The highest BCUT2D eigenvalue weighted by Gasteiger charge is 2.11. The van der Waals surface area contributed by atoms with Crippen LogP contribution in [0.5, 0.6) is 0 Å². The van der Waals surface area contributed by atoms with E-state index in [1.807, 2.05) is 0 Å². The Kier molecular flexibility index (Phi) is 4.57. The highest BCUT2D eigenvalue weighted by atomic mass is 79.9. The van der Waals surface area contributed by atoms with Gasteiger partial charge in [0.15, 0.2) is 0 Å². The number of rotatable bonds is 3. The lowest BCUT2D eigenvalue weighted by Crippen LogP contribution is -2.24. The number of nitrogens with two attached hydrogens (primary N) is 1. The van der Waals surface area contributed by atoms with E-state index < -0.39 is 5.91 Å². The number of carbonyl (C=O) groups is 1. The number of nitrogen functional groups attached to an aromatic ring is 1. The van der Waals surface area contributed by atoms with E-state index in [-0.39, 0.29) is 28.8 Å². The summed E-state index contributed by atoms with van der Waals surface area (Å²) in [7, 11) is 0. The third-order valence-electron chi connectivity index (χ3n) is 2.59. The van der Waals surface area contributed by atoms with Gasteiger partial charge in [-0.1, -0.05) is 27.5 Å². The Morgan fingerprint density at radius 2 is 2.20 bits per heavy atom. The summed E-state index contributed by atoms with van der Waals surface area (Å²) in [6.07, 6.45) is 1.31. The minimum Gasteiger partial charge on any atom is -0.397 e. The normalized spacial score (nSPS) is 10.3. The molecular weight excluding hydrogens is 349 g/mol. The number of hydrogen-bond donors (Lipinski definition) is 2. The molecule has 0 radical (unpaired) electrons. The summed E-state index contributed by atoms with van der Waals surface area (Å²) < 4.78 is 13.8. The number of hydrogen-bond acceptors (Lipinski definition) is 3. The zero-order valence-electron chi connectivity index (χ0n) is 10.2. The topological polar surface area (TPSA) is 68.0 Å². The highest BCUT2D eigenvalue weighted by molar-refractivity contribution is 9.10. The molecule has 0 unspecified atom stereocenters. The second-order valence-electron chi connectivity index (χ2n) is 4.01. The predicted molar refractivity (Wildman–Crippen MR) is 78.9 cm³/mol. The van der Waals surface area contributed by atoms with Crippen LogP contribution in [0.3, 0.4) is 0 Å². The van der Waals surface area contributed by atoms with Crippen LogP contribution in [-0.4, -0.2) is 10.9 Å².